The summed E-state index contributed by atoms with van der Waals surface area (Å²) in [5.41, 5.74) is 0.600. The van der Waals surface area contributed by atoms with Gasteiger partial charge in [-0.3, -0.25) is 19.8 Å². The molecule has 1 aliphatic heterocycles. The zero-order valence-electron chi connectivity index (χ0n) is 13.8. The van der Waals surface area contributed by atoms with Gasteiger partial charge < -0.3 is 0 Å². The molecule has 0 N–H and O–H groups in total. The lowest BCUT2D eigenvalue weighted by Gasteiger charge is -2.25. The number of carbonyl (C=O) groups is 1. The minimum atomic E-state index is -0.530. The van der Waals surface area contributed by atoms with Crippen LogP contribution in [0.4, 0.5) is 11.4 Å². The summed E-state index contributed by atoms with van der Waals surface area (Å²) < 4.78 is 0. The molecule has 2 fully saturated rings. The van der Waals surface area contributed by atoms with Crippen LogP contribution in [0.3, 0.4) is 0 Å². The van der Waals surface area contributed by atoms with E-state index in [9.17, 15) is 20.2 Å². The fourth-order valence-electron chi connectivity index (χ4n) is 5.16. The van der Waals surface area contributed by atoms with Crippen molar-refractivity contribution in [2.24, 2.45) is 23.7 Å². The highest BCUT2D eigenvalue weighted by Gasteiger charge is 2.59. The van der Waals surface area contributed by atoms with E-state index in [0.717, 1.165) is 6.42 Å². The Morgan fingerprint density at radius 1 is 1.12 bits per heavy atom. The number of rotatable bonds is 2. The quantitative estimate of drug-likeness (QED) is 0.474. The summed E-state index contributed by atoms with van der Waals surface area (Å²) in [6.07, 6.45) is 5.20. The third kappa shape index (κ3) is 1.77. The molecule has 128 valence electrons. The van der Waals surface area contributed by atoms with Gasteiger partial charge in [0.05, 0.1) is 28.0 Å². The van der Waals surface area contributed by atoms with Gasteiger partial charge in [-0.05, 0) is 30.4 Å². The number of nitriles is 1. The third-order valence-electron chi connectivity index (χ3n) is 6.15. The van der Waals surface area contributed by atoms with E-state index in [1.54, 1.807) is 35.2 Å². The number of amides is 1. The number of allylic oxidation sites excluding steroid dienone is 2. The Balaban J connectivity index is 1.69. The van der Waals surface area contributed by atoms with Crippen molar-refractivity contribution in [3.63, 3.8) is 0 Å². The number of hydrogen-bond donors (Lipinski definition) is 0. The van der Waals surface area contributed by atoms with Gasteiger partial charge in [0.2, 0.25) is 5.91 Å². The first-order valence-electron chi connectivity index (χ1n) is 8.69. The smallest absolute Gasteiger partial charge is 0.277 e. The van der Waals surface area contributed by atoms with Crippen molar-refractivity contribution in [2.45, 2.75) is 12.5 Å². The molecule has 2 unspecified atom stereocenters. The molecule has 2 aliphatic carbocycles. The summed E-state index contributed by atoms with van der Waals surface area (Å²) in [7, 11) is 0. The number of nitro benzene ring substituents is 1. The highest BCUT2D eigenvalue weighted by Crippen LogP contribution is 2.55. The summed E-state index contributed by atoms with van der Waals surface area (Å²) in [5.74, 6) is 0.313. The van der Waals surface area contributed by atoms with E-state index in [2.05, 4.69) is 18.2 Å². The largest absolute Gasteiger partial charge is 0.295 e. The van der Waals surface area contributed by atoms with E-state index in [1.165, 1.54) is 6.07 Å². The third-order valence-corrected chi connectivity index (χ3v) is 6.15. The topological polar surface area (TPSA) is 87.2 Å². The minimum absolute atomic E-state index is 0.00596. The van der Waals surface area contributed by atoms with Gasteiger partial charge >= 0.3 is 0 Å². The van der Waals surface area contributed by atoms with Crippen LogP contribution in [0.15, 0.2) is 48.6 Å². The second-order valence-electron chi connectivity index (χ2n) is 7.24. The Hall–Kier alpha value is -3.20. The van der Waals surface area contributed by atoms with Crippen molar-refractivity contribution >= 4 is 28.1 Å². The molecule has 6 nitrogen and oxygen atoms in total. The maximum atomic E-state index is 13.2. The Labute approximate surface area is 149 Å². The van der Waals surface area contributed by atoms with E-state index in [4.69, 9.17) is 0 Å². The molecule has 0 radical (unpaired) electrons. The fraction of sp³-hybridized carbons (Fsp3) is 0.300. The van der Waals surface area contributed by atoms with Crippen molar-refractivity contribution in [3.8, 4) is 6.07 Å². The van der Waals surface area contributed by atoms with E-state index in [1.807, 2.05) is 0 Å². The number of anilines is 1. The molecule has 0 spiro atoms. The summed E-state index contributed by atoms with van der Waals surface area (Å²) in [5, 5.41) is 22.3. The number of nitrogens with zero attached hydrogens (tertiary/aromatic N) is 3. The van der Waals surface area contributed by atoms with Crippen LogP contribution in [0.5, 0.6) is 0 Å². The van der Waals surface area contributed by atoms with E-state index in [0.29, 0.717) is 16.5 Å². The van der Waals surface area contributed by atoms with E-state index >= 15 is 0 Å². The molecular weight excluding hydrogens is 330 g/mol. The predicted octanol–water partition coefficient (Wildman–Crippen LogP) is 3.43. The molecule has 3 aliphatic rings. The van der Waals surface area contributed by atoms with Crippen LogP contribution >= 0.6 is 0 Å². The molecule has 5 rings (SSSR count). The first kappa shape index (κ1) is 15.1. The number of fused-ring (bicyclic) bond motifs is 6. The maximum absolute atomic E-state index is 13.2. The standard InChI is InChI=1S/C20H15N3O3/c21-10-17-18-11-5-6-12(9-11)19(18)20(24)22(17)15-7-8-16(23(25)26)14-4-2-1-3-13(14)15/h1-8,11-12,17-19H,9H2/t11?,12?,17-,18-,19-/m0/s1. The van der Waals surface area contributed by atoms with Gasteiger partial charge in [-0.1, -0.05) is 30.4 Å². The number of benzene rings is 2. The van der Waals surface area contributed by atoms with Gasteiger partial charge in [-0.2, -0.15) is 5.26 Å². The second-order valence-corrected chi connectivity index (χ2v) is 7.24. The van der Waals surface area contributed by atoms with Crippen molar-refractivity contribution in [1.29, 1.82) is 5.26 Å². The van der Waals surface area contributed by atoms with Crippen molar-refractivity contribution in [1.82, 2.24) is 0 Å². The first-order valence-corrected chi connectivity index (χ1v) is 8.69. The molecule has 6 heteroatoms. The fourth-order valence-corrected chi connectivity index (χ4v) is 5.16. The van der Waals surface area contributed by atoms with Gasteiger partial charge in [0.25, 0.3) is 5.69 Å². The monoisotopic (exact) mass is 345 g/mol. The normalized spacial score (nSPS) is 31.4. The molecule has 0 aromatic heterocycles. The molecule has 1 saturated heterocycles. The van der Waals surface area contributed by atoms with Crippen molar-refractivity contribution < 1.29 is 9.72 Å². The minimum Gasteiger partial charge on any atom is -0.295 e. The average molecular weight is 345 g/mol. The van der Waals surface area contributed by atoms with Crippen LogP contribution in [-0.2, 0) is 4.79 Å². The van der Waals surface area contributed by atoms with Crippen LogP contribution in [0.25, 0.3) is 10.8 Å². The van der Waals surface area contributed by atoms with Gasteiger partial charge in [0.15, 0.2) is 0 Å². The summed E-state index contributed by atoms with van der Waals surface area (Å²) in [6, 6.07) is 11.8. The zero-order valence-corrected chi connectivity index (χ0v) is 13.8. The van der Waals surface area contributed by atoms with E-state index < -0.39 is 11.0 Å². The molecule has 2 aromatic carbocycles. The molecule has 2 bridgehead atoms. The van der Waals surface area contributed by atoms with Crippen LogP contribution in [0.1, 0.15) is 6.42 Å². The predicted molar refractivity (Wildman–Crippen MR) is 95.2 cm³/mol. The lowest BCUT2D eigenvalue weighted by molar-refractivity contribution is -0.383. The van der Waals surface area contributed by atoms with Crippen LogP contribution in [-0.4, -0.2) is 16.9 Å². The maximum Gasteiger partial charge on any atom is 0.277 e. The highest BCUT2D eigenvalue weighted by atomic mass is 16.6. The van der Waals surface area contributed by atoms with E-state index in [-0.39, 0.29) is 35.3 Å². The molecule has 1 heterocycles. The number of non-ortho nitro benzene ring substituents is 1. The van der Waals surface area contributed by atoms with Gasteiger partial charge in [-0.15, -0.1) is 0 Å². The number of hydrogen-bond acceptors (Lipinski definition) is 4. The molecule has 2 aromatic rings. The first-order chi connectivity index (χ1) is 12.6. The second kappa shape index (κ2) is 5.15. The molecular formula is C20H15N3O3. The van der Waals surface area contributed by atoms with Gasteiger partial charge in [0.1, 0.15) is 6.04 Å². The highest BCUT2D eigenvalue weighted by molar-refractivity contribution is 6.09. The van der Waals surface area contributed by atoms with Gasteiger partial charge in [0, 0.05) is 17.4 Å². The molecule has 1 amide bonds. The Morgan fingerprint density at radius 2 is 1.85 bits per heavy atom. The Bertz CT molecular complexity index is 1040. The Morgan fingerprint density at radius 3 is 2.58 bits per heavy atom. The molecule has 1 saturated carbocycles. The average Bonchev–Trinajstić information content (AvgIpc) is 3.33. The van der Waals surface area contributed by atoms with Crippen molar-refractivity contribution in [3.05, 3.63) is 58.7 Å². The zero-order chi connectivity index (χ0) is 18.0. The van der Waals surface area contributed by atoms with Crippen LogP contribution in [0, 0.1) is 45.1 Å². The lowest BCUT2D eigenvalue weighted by atomic mass is 9.82. The summed E-state index contributed by atoms with van der Waals surface area (Å²) in [6.45, 7) is 0. The SMILES string of the molecule is N#C[C@H]1[C@@H]2C3C=CC(C3)[C@@H]2C(=O)N1c1ccc([N+](=O)[O-])c2ccccc12. The molecule has 5 atom stereocenters. The summed E-state index contributed by atoms with van der Waals surface area (Å²) >= 11 is 0. The number of nitro groups is 1. The van der Waals surface area contributed by atoms with Crippen LogP contribution in [0.2, 0.25) is 0 Å². The van der Waals surface area contributed by atoms with Crippen LogP contribution < -0.4 is 4.90 Å². The molecule has 26 heavy (non-hydrogen) atoms. The number of carbonyl (C=O) groups excluding carboxylic acids is 1. The summed E-state index contributed by atoms with van der Waals surface area (Å²) in [4.78, 5) is 25.7. The lowest BCUT2D eigenvalue weighted by Crippen LogP contribution is -2.36. The van der Waals surface area contributed by atoms with Gasteiger partial charge in [-0.25, -0.2) is 0 Å². The van der Waals surface area contributed by atoms with Crippen molar-refractivity contribution in [2.75, 3.05) is 4.90 Å². The Kier molecular flexibility index (Phi) is 2.99.